The molecule has 0 spiro atoms. The molecular weight excluding hydrogens is 288 g/mol. The molecule has 20 heavy (non-hydrogen) atoms. The van der Waals surface area contributed by atoms with E-state index in [1.807, 2.05) is 0 Å². The van der Waals surface area contributed by atoms with Crippen LogP contribution in [0.3, 0.4) is 0 Å². The molecule has 1 aromatic carbocycles. The molecule has 2 aromatic rings. The van der Waals surface area contributed by atoms with Gasteiger partial charge in [-0.25, -0.2) is 4.98 Å². The lowest BCUT2D eigenvalue weighted by Crippen LogP contribution is -2.35. The van der Waals surface area contributed by atoms with E-state index in [-0.39, 0.29) is 0 Å². The Bertz CT molecular complexity index is 547. The normalized spacial score (nSPS) is 16.4. The number of morpholine rings is 1. The minimum atomic E-state index is 0.842. The molecule has 0 amide bonds. The molecule has 0 bridgehead atoms. The van der Waals surface area contributed by atoms with E-state index in [1.165, 1.54) is 15.5 Å². The van der Waals surface area contributed by atoms with Gasteiger partial charge in [0, 0.05) is 28.9 Å². The van der Waals surface area contributed by atoms with E-state index >= 15 is 0 Å². The molecule has 0 aliphatic carbocycles. The standard InChI is InChI=1S/C15H18N2OS2/c1-19-13-4-2-12(3-5-13)14-11-20-15(16-14)10-17-6-8-18-9-7-17/h2-5,11H,6-10H2,1H3. The summed E-state index contributed by atoms with van der Waals surface area (Å²) in [4.78, 5) is 8.45. The number of aromatic nitrogens is 1. The van der Waals surface area contributed by atoms with Gasteiger partial charge in [0.2, 0.25) is 0 Å². The van der Waals surface area contributed by atoms with Crippen molar-refractivity contribution >= 4 is 23.1 Å². The summed E-state index contributed by atoms with van der Waals surface area (Å²) in [5.74, 6) is 0. The van der Waals surface area contributed by atoms with Crippen molar-refractivity contribution in [3.05, 3.63) is 34.7 Å². The topological polar surface area (TPSA) is 25.4 Å². The lowest BCUT2D eigenvalue weighted by Gasteiger charge is -2.25. The van der Waals surface area contributed by atoms with Crippen LogP contribution >= 0.6 is 23.1 Å². The Kier molecular flexibility index (Phi) is 4.73. The maximum Gasteiger partial charge on any atom is 0.107 e. The molecule has 0 atom stereocenters. The first-order chi connectivity index (χ1) is 9.85. The smallest absolute Gasteiger partial charge is 0.107 e. The highest BCUT2D eigenvalue weighted by molar-refractivity contribution is 7.98. The molecule has 0 radical (unpaired) electrons. The Hall–Kier alpha value is -0.880. The summed E-state index contributed by atoms with van der Waals surface area (Å²) in [5.41, 5.74) is 2.29. The lowest BCUT2D eigenvalue weighted by atomic mass is 10.2. The van der Waals surface area contributed by atoms with Crippen LogP contribution in [0.25, 0.3) is 11.3 Å². The summed E-state index contributed by atoms with van der Waals surface area (Å²) < 4.78 is 5.37. The predicted octanol–water partition coefficient (Wildman–Crippen LogP) is 3.36. The summed E-state index contributed by atoms with van der Waals surface area (Å²) in [6.45, 7) is 4.65. The third-order valence-corrected chi connectivity index (χ3v) is 4.98. The Labute approximate surface area is 128 Å². The average Bonchev–Trinajstić information content (AvgIpc) is 2.97. The van der Waals surface area contributed by atoms with Crippen LogP contribution in [0.5, 0.6) is 0 Å². The predicted molar refractivity (Wildman–Crippen MR) is 85.4 cm³/mol. The molecule has 3 rings (SSSR count). The molecule has 5 heteroatoms. The fourth-order valence-corrected chi connectivity index (χ4v) is 3.48. The van der Waals surface area contributed by atoms with Crippen LogP contribution in [0, 0.1) is 0 Å². The van der Waals surface area contributed by atoms with E-state index in [1.54, 1.807) is 23.1 Å². The Morgan fingerprint density at radius 3 is 2.70 bits per heavy atom. The first kappa shape index (κ1) is 14.1. The van der Waals surface area contributed by atoms with Gasteiger partial charge in [-0.3, -0.25) is 4.90 Å². The molecule has 1 aliphatic rings. The third kappa shape index (κ3) is 3.41. The van der Waals surface area contributed by atoms with E-state index in [2.05, 4.69) is 40.8 Å². The van der Waals surface area contributed by atoms with Gasteiger partial charge < -0.3 is 4.74 Å². The lowest BCUT2D eigenvalue weighted by molar-refractivity contribution is 0.0342. The van der Waals surface area contributed by atoms with E-state index in [0.29, 0.717) is 0 Å². The summed E-state index contributed by atoms with van der Waals surface area (Å²) >= 11 is 3.51. The molecule has 0 unspecified atom stereocenters. The highest BCUT2D eigenvalue weighted by Gasteiger charge is 2.13. The van der Waals surface area contributed by atoms with Gasteiger partial charge in [-0.2, -0.15) is 0 Å². The number of thioether (sulfide) groups is 1. The monoisotopic (exact) mass is 306 g/mol. The van der Waals surface area contributed by atoms with Crippen molar-refractivity contribution in [1.29, 1.82) is 0 Å². The Morgan fingerprint density at radius 2 is 2.00 bits per heavy atom. The van der Waals surface area contributed by atoms with E-state index in [9.17, 15) is 0 Å². The Balaban J connectivity index is 1.68. The Morgan fingerprint density at radius 1 is 1.25 bits per heavy atom. The first-order valence-corrected chi connectivity index (χ1v) is 8.84. The van der Waals surface area contributed by atoms with Crippen LogP contribution in [0.15, 0.2) is 34.5 Å². The number of thiazole rings is 1. The first-order valence-electron chi connectivity index (χ1n) is 6.74. The molecular formula is C15H18N2OS2. The highest BCUT2D eigenvalue weighted by Crippen LogP contribution is 2.25. The number of hydrogen-bond donors (Lipinski definition) is 0. The van der Waals surface area contributed by atoms with Gasteiger partial charge in [0.15, 0.2) is 0 Å². The number of nitrogens with zero attached hydrogens (tertiary/aromatic N) is 2. The van der Waals surface area contributed by atoms with E-state index in [4.69, 9.17) is 9.72 Å². The molecule has 0 N–H and O–H groups in total. The molecule has 1 fully saturated rings. The van der Waals surface area contributed by atoms with Crippen molar-refractivity contribution in [2.45, 2.75) is 11.4 Å². The second kappa shape index (κ2) is 6.72. The average molecular weight is 306 g/mol. The van der Waals surface area contributed by atoms with Crippen LogP contribution in [0.1, 0.15) is 5.01 Å². The van der Waals surface area contributed by atoms with Gasteiger partial charge in [0.25, 0.3) is 0 Å². The summed E-state index contributed by atoms with van der Waals surface area (Å²) in [5, 5.41) is 3.35. The summed E-state index contributed by atoms with van der Waals surface area (Å²) in [7, 11) is 0. The molecule has 0 saturated carbocycles. The van der Waals surface area contributed by atoms with Crippen LogP contribution < -0.4 is 0 Å². The minimum absolute atomic E-state index is 0.842. The maximum absolute atomic E-state index is 5.37. The molecule has 1 saturated heterocycles. The zero-order chi connectivity index (χ0) is 13.8. The highest BCUT2D eigenvalue weighted by atomic mass is 32.2. The van der Waals surface area contributed by atoms with Crippen molar-refractivity contribution in [2.75, 3.05) is 32.6 Å². The fraction of sp³-hybridized carbons (Fsp3) is 0.400. The zero-order valence-corrected chi connectivity index (χ0v) is 13.2. The largest absolute Gasteiger partial charge is 0.379 e. The van der Waals surface area contributed by atoms with Crippen molar-refractivity contribution in [3.8, 4) is 11.3 Å². The van der Waals surface area contributed by atoms with Crippen molar-refractivity contribution in [3.63, 3.8) is 0 Å². The second-order valence-corrected chi connectivity index (χ2v) is 6.57. The third-order valence-electron chi connectivity index (χ3n) is 3.40. The zero-order valence-electron chi connectivity index (χ0n) is 11.5. The van der Waals surface area contributed by atoms with Crippen molar-refractivity contribution < 1.29 is 4.74 Å². The maximum atomic E-state index is 5.37. The van der Waals surface area contributed by atoms with Crippen LogP contribution in [0.2, 0.25) is 0 Å². The van der Waals surface area contributed by atoms with E-state index in [0.717, 1.165) is 38.5 Å². The number of rotatable bonds is 4. The molecule has 1 aliphatic heterocycles. The van der Waals surface area contributed by atoms with Crippen LogP contribution in [-0.2, 0) is 11.3 Å². The fourth-order valence-electron chi connectivity index (χ4n) is 2.23. The molecule has 2 heterocycles. The summed E-state index contributed by atoms with van der Waals surface area (Å²) in [6.07, 6.45) is 2.10. The number of hydrogen-bond acceptors (Lipinski definition) is 5. The minimum Gasteiger partial charge on any atom is -0.379 e. The molecule has 3 nitrogen and oxygen atoms in total. The van der Waals surface area contributed by atoms with Gasteiger partial charge in [0.05, 0.1) is 25.5 Å². The van der Waals surface area contributed by atoms with E-state index < -0.39 is 0 Å². The summed E-state index contributed by atoms with van der Waals surface area (Å²) in [6, 6.07) is 8.61. The second-order valence-electron chi connectivity index (χ2n) is 4.74. The van der Waals surface area contributed by atoms with Gasteiger partial charge in [0.1, 0.15) is 5.01 Å². The van der Waals surface area contributed by atoms with Crippen molar-refractivity contribution in [2.24, 2.45) is 0 Å². The van der Waals surface area contributed by atoms with Gasteiger partial charge in [-0.05, 0) is 18.4 Å². The van der Waals surface area contributed by atoms with Crippen LogP contribution in [0.4, 0.5) is 0 Å². The van der Waals surface area contributed by atoms with Crippen molar-refractivity contribution in [1.82, 2.24) is 9.88 Å². The molecule has 1 aromatic heterocycles. The number of ether oxygens (including phenoxy) is 1. The van der Waals surface area contributed by atoms with Crippen LogP contribution in [-0.4, -0.2) is 42.4 Å². The SMILES string of the molecule is CSc1ccc(-c2csc(CN3CCOCC3)n2)cc1. The molecule has 106 valence electrons. The van der Waals surface area contributed by atoms with Gasteiger partial charge >= 0.3 is 0 Å². The quantitative estimate of drug-likeness (QED) is 0.809. The van der Waals surface area contributed by atoms with Gasteiger partial charge in [-0.15, -0.1) is 23.1 Å². The number of benzene rings is 1. The van der Waals surface area contributed by atoms with Gasteiger partial charge in [-0.1, -0.05) is 12.1 Å².